The van der Waals surface area contributed by atoms with E-state index in [0.717, 1.165) is 141 Å². The van der Waals surface area contributed by atoms with Gasteiger partial charge in [0.2, 0.25) is 19.7 Å². The zero-order valence-corrected chi connectivity index (χ0v) is 74.4. The Morgan fingerprint density at radius 1 is 0.264 bits per heavy atom. The Bertz CT molecular complexity index is 7880. The molecule has 0 unspecified atom stereocenters. The minimum absolute atomic E-state index is 0.202. The summed E-state index contributed by atoms with van der Waals surface area (Å²) in [7, 11) is -7.63. The molecule has 0 radical (unpaired) electrons. The van der Waals surface area contributed by atoms with Crippen molar-refractivity contribution in [3.05, 3.63) is 397 Å². The van der Waals surface area contributed by atoms with Crippen molar-refractivity contribution in [2.24, 2.45) is 47.3 Å². The maximum Gasteiger partial charge on any atom is 0.207 e. The van der Waals surface area contributed by atoms with E-state index in [1.807, 2.05) is 72.0 Å². The van der Waals surface area contributed by atoms with Crippen LogP contribution in [0.2, 0.25) is 0 Å². The van der Waals surface area contributed by atoms with E-state index in [-0.39, 0.29) is 16.2 Å². The first kappa shape index (κ1) is 77.2. The molecule has 0 amide bonds. The lowest BCUT2D eigenvalue weighted by Gasteiger charge is -2.63. The molecule has 2 spiro atoms. The van der Waals surface area contributed by atoms with Crippen LogP contribution in [0.3, 0.4) is 0 Å². The summed E-state index contributed by atoms with van der Waals surface area (Å²) in [6.45, 7) is 4.65. The van der Waals surface area contributed by atoms with Crippen molar-refractivity contribution in [3.63, 3.8) is 0 Å². The molecule has 129 heavy (non-hydrogen) atoms. The predicted molar refractivity (Wildman–Crippen MR) is 527 cm³/mol. The number of nitrogens with zero attached hydrogens (tertiary/aromatic N) is 2. The molecule has 8 fully saturated rings. The Kier molecular flexibility index (Phi) is 17.4. The summed E-state index contributed by atoms with van der Waals surface area (Å²) in [6, 6.07) is 129. The normalized spacial score (nSPS) is 23.0. The quantitative estimate of drug-likeness (QED) is 0.127. The van der Waals surface area contributed by atoms with E-state index in [2.05, 4.69) is 327 Å². The highest BCUT2D eigenvalue weighted by Gasteiger charge is 2.64. The number of anilines is 6. The van der Waals surface area contributed by atoms with Crippen LogP contribution in [-0.4, -0.2) is 16.8 Å². The Morgan fingerprint density at radius 3 is 1.22 bits per heavy atom. The maximum absolute atomic E-state index is 15.2. The van der Waals surface area contributed by atoms with Crippen LogP contribution in [0.1, 0.15) is 111 Å². The highest BCUT2D eigenvalue weighted by atomic mass is 32.2. The number of benzene rings is 16. The molecular formula is C119H94N2O5S3. The predicted octanol–water partition coefficient (Wildman–Crippen LogP) is 31.0. The van der Waals surface area contributed by atoms with E-state index >= 15 is 16.8 Å². The molecule has 16 aromatic carbocycles. The summed E-state index contributed by atoms with van der Waals surface area (Å²) >= 11 is 1.85. The van der Waals surface area contributed by atoms with E-state index in [1.54, 1.807) is 0 Å². The minimum Gasteiger partial charge on any atom is -0.456 e. The number of furan rings is 1. The Balaban J connectivity index is 0.000000136. The fourth-order valence-corrected chi connectivity index (χ4v) is 32.1. The van der Waals surface area contributed by atoms with E-state index < -0.39 is 19.7 Å². The van der Waals surface area contributed by atoms with Crippen LogP contribution in [0.15, 0.2) is 388 Å². The molecule has 0 N–H and O–H groups in total. The van der Waals surface area contributed by atoms with Crippen LogP contribution in [0, 0.1) is 47.3 Å². The maximum atomic E-state index is 15.2. The summed E-state index contributed by atoms with van der Waals surface area (Å²) in [6.07, 6.45) is 12.2. The van der Waals surface area contributed by atoms with Crippen molar-refractivity contribution >= 4 is 107 Å². The van der Waals surface area contributed by atoms with Crippen LogP contribution >= 0.6 is 11.3 Å². The molecule has 4 heterocycles. The summed E-state index contributed by atoms with van der Waals surface area (Å²) in [5.41, 5.74) is 27.3. The van der Waals surface area contributed by atoms with Gasteiger partial charge in [-0.1, -0.05) is 269 Å². The summed E-state index contributed by atoms with van der Waals surface area (Å²) in [5.74, 6) is 4.83. The van der Waals surface area contributed by atoms with Gasteiger partial charge in [0.25, 0.3) is 0 Å². The number of thiophene rings is 1. The third-order valence-corrected chi connectivity index (χ3v) is 37.0. The van der Waals surface area contributed by atoms with Crippen molar-refractivity contribution in [2.45, 2.75) is 114 Å². The van der Waals surface area contributed by atoms with Gasteiger partial charge in [0.15, 0.2) is 0 Å². The molecule has 29 rings (SSSR count). The second-order valence-corrected chi connectivity index (χ2v) is 43.8. The summed E-state index contributed by atoms with van der Waals surface area (Å²) in [5, 5.41) is 4.81. The molecular weight excluding hydrogens is 1630 g/mol. The second-order valence-electron chi connectivity index (χ2n) is 38.9. The first-order valence-corrected chi connectivity index (χ1v) is 50.1. The Hall–Kier alpha value is -13.0. The van der Waals surface area contributed by atoms with E-state index in [4.69, 9.17) is 4.42 Å². The lowest BCUT2D eigenvalue weighted by molar-refractivity contribution is -0.0446. The molecule has 2 aliphatic heterocycles. The molecule has 8 saturated carbocycles. The number of hydrogen-bond donors (Lipinski definition) is 0. The summed E-state index contributed by atoms with van der Waals surface area (Å²) < 4.78 is 69.4. The molecule has 8 bridgehead atoms. The van der Waals surface area contributed by atoms with Gasteiger partial charge < -0.3 is 14.2 Å². The second kappa shape index (κ2) is 29.0. The van der Waals surface area contributed by atoms with Gasteiger partial charge in [0.05, 0.1) is 19.6 Å². The standard InChI is InChI=1S/C61H49NO2S2.C58H45NO3S/c1-60(2)51-17-7-5-14-47(51)48-28-26-43(35-54(48)60)62(42-24-22-39(23-25-42)45-12-3-4-13-46(45)49-16-11-20-56-59(49)50-15-6-9-19-55(50)65-56)44-27-29-53-58(36-44)66(63,64)57-21-10-8-18-52(57)61(53)40-31-37-30-38(33-40)34-41(61)32-37;60-63(61)55-23-9-7-20-51(55)58(42-31-37-30-38(33-42)34-43(58)32-37)52-29-28-46(36-56(52)63)59(45-15-10-14-41(35-45)39-12-2-1-3-13-39)44-26-24-40(25-27-44)47-16-4-5-17-48(47)49-19-11-22-54-57(49)50-18-6-8-21-53(50)62-54/h3-29,35-38,40-41H,30-34H2,1-2H3;1-29,35-38,42-43H,30-34H2. The summed E-state index contributed by atoms with van der Waals surface area (Å²) in [4.78, 5) is 6.52. The van der Waals surface area contributed by atoms with Crippen molar-refractivity contribution in [3.8, 4) is 66.8 Å². The largest absolute Gasteiger partial charge is 0.456 e. The van der Waals surface area contributed by atoms with E-state index in [0.29, 0.717) is 43.3 Å². The number of fused-ring (bicyclic) bond motifs is 13. The van der Waals surface area contributed by atoms with Gasteiger partial charge in [-0.25, -0.2) is 16.8 Å². The smallest absolute Gasteiger partial charge is 0.207 e. The highest BCUT2D eigenvalue weighted by Crippen LogP contribution is 2.71. The molecule has 0 atom stereocenters. The Morgan fingerprint density at radius 2 is 0.651 bits per heavy atom. The molecule has 10 heteroatoms. The molecule has 18 aromatic rings. The zero-order chi connectivity index (χ0) is 86.0. The van der Waals surface area contributed by atoms with Gasteiger partial charge in [-0.3, -0.25) is 0 Å². The van der Waals surface area contributed by atoms with Gasteiger partial charge in [-0.2, -0.15) is 0 Å². The first-order valence-electron chi connectivity index (χ1n) is 46.3. The van der Waals surface area contributed by atoms with Crippen LogP contribution in [0.5, 0.6) is 0 Å². The lowest BCUT2D eigenvalue weighted by Crippen LogP contribution is -2.57. The number of hydrogen-bond acceptors (Lipinski definition) is 8. The minimum atomic E-state index is -3.82. The van der Waals surface area contributed by atoms with Crippen molar-refractivity contribution in [1.29, 1.82) is 0 Å². The molecule has 7 nitrogen and oxygen atoms in total. The van der Waals surface area contributed by atoms with Gasteiger partial charge in [-0.15, -0.1) is 11.3 Å². The van der Waals surface area contributed by atoms with Crippen molar-refractivity contribution < 1.29 is 21.3 Å². The monoisotopic (exact) mass is 1730 g/mol. The van der Waals surface area contributed by atoms with E-state index in [1.165, 1.54) is 123 Å². The average molecular weight is 1730 g/mol. The first-order chi connectivity index (χ1) is 63.1. The van der Waals surface area contributed by atoms with Crippen LogP contribution in [0.4, 0.5) is 34.1 Å². The number of rotatable bonds is 11. The number of sulfone groups is 2. The highest BCUT2D eigenvalue weighted by molar-refractivity contribution is 7.92. The van der Waals surface area contributed by atoms with E-state index in [9.17, 15) is 0 Å². The molecule has 0 saturated heterocycles. The number of para-hydroxylation sites is 1. The van der Waals surface area contributed by atoms with Crippen LogP contribution in [0.25, 0.3) is 109 Å². The SMILES string of the molecule is CC1(C)c2ccccc2-c2ccc(N(c3ccc(-c4ccccc4-c4cccc5sc6ccccc6c45)cc3)c3ccc4c(c3)S(=O)(=O)c3ccccc3C43C4CC5CC(C4)CC3C5)cc21.O=S1(=O)c2ccccc2C2(c3ccc(N(c4ccc(-c5ccccc5-c5cccc6oc7ccccc7c56)cc4)c4cccc(-c5ccccc5)c4)cc31)C1CC3CC(C1)CC2C3. The lowest BCUT2D eigenvalue weighted by atomic mass is 9.42. The fourth-order valence-electron chi connectivity index (χ4n) is 27.4. The molecule has 9 aliphatic carbocycles. The third-order valence-electron chi connectivity index (χ3n) is 32.2. The van der Waals surface area contributed by atoms with Gasteiger partial charge in [0.1, 0.15) is 11.2 Å². The average Bonchev–Trinajstić information content (AvgIpc) is 0.790. The molecule has 2 aromatic heterocycles. The van der Waals surface area contributed by atoms with Gasteiger partial charge in [-0.05, 0) is 321 Å². The third kappa shape index (κ3) is 11.5. The van der Waals surface area contributed by atoms with Gasteiger partial charge in [0, 0.05) is 81.3 Å². The topological polar surface area (TPSA) is 87.9 Å². The van der Waals surface area contributed by atoms with Gasteiger partial charge >= 0.3 is 0 Å². The Labute approximate surface area is 757 Å². The van der Waals surface area contributed by atoms with Crippen LogP contribution in [-0.2, 0) is 35.9 Å². The zero-order valence-electron chi connectivity index (χ0n) is 72.0. The fraction of sp³-hybridized carbons (Fsp3) is 0.193. The van der Waals surface area contributed by atoms with Crippen LogP contribution < -0.4 is 9.80 Å². The van der Waals surface area contributed by atoms with Crippen molar-refractivity contribution in [1.82, 2.24) is 0 Å². The molecule has 11 aliphatic rings. The van der Waals surface area contributed by atoms with Crippen molar-refractivity contribution in [2.75, 3.05) is 9.80 Å². The molecule has 628 valence electrons.